The zero-order chi connectivity index (χ0) is 13.7. The van der Waals surface area contributed by atoms with Crippen LogP contribution >= 0.6 is 0 Å². The van der Waals surface area contributed by atoms with Gasteiger partial charge in [0.25, 0.3) is 0 Å². The first-order valence-electron chi connectivity index (χ1n) is 7.24. The Morgan fingerprint density at radius 2 is 2.16 bits per heavy atom. The Balaban J connectivity index is 1.68. The minimum absolute atomic E-state index is 0.174. The highest BCUT2D eigenvalue weighted by Crippen LogP contribution is 2.17. The van der Waals surface area contributed by atoms with Crippen molar-refractivity contribution in [3.05, 3.63) is 35.4 Å². The Labute approximate surface area is 115 Å². The predicted molar refractivity (Wildman–Crippen MR) is 77.9 cm³/mol. The third kappa shape index (κ3) is 4.35. The lowest BCUT2D eigenvalue weighted by Crippen LogP contribution is -2.33. The molecule has 2 atom stereocenters. The number of hydrogen-bond donors (Lipinski definition) is 2. The molecule has 0 bridgehead atoms. The summed E-state index contributed by atoms with van der Waals surface area (Å²) < 4.78 is 0. The first kappa shape index (κ1) is 14.1. The second-order valence-electron chi connectivity index (χ2n) is 5.62. The van der Waals surface area contributed by atoms with E-state index in [9.17, 15) is 4.79 Å². The Bertz CT molecular complexity index is 431. The molecule has 1 aliphatic carbocycles. The molecule has 0 spiro atoms. The molecule has 104 valence electrons. The van der Waals surface area contributed by atoms with Crippen molar-refractivity contribution >= 4 is 5.91 Å². The monoisotopic (exact) mass is 260 g/mol. The number of nitrogens with one attached hydrogen (secondary N) is 1. The molecule has 1 fully saturated rings. The summed E-state index contributed by atoms with van der Waals surface area (Å²) in [5, 5.41) is 3.09. The quantitative estimate of drug-likeness (QED) is 0.853. The Kier molecular flexibility index (Phi) is 4.97. The van der Waals surface area contributed by atoms with Gasteiger partial charge in [-0.2, -0.15) is 0 Å². The molecule has 3 N–H and O–H groups in total. The maximum absolute atomic E-state index is 11.8. The fourth-order valence-electron chi connectivity index (χ4n) is 2.78. The van der Waals surface area contributed by atoms with Crippen LogP contribution in [-0.4, -0.2) is 18.0 Å². The summed E-state index contributed by atoms with van der Waals surface area (Å²) in [6.07, 6.45) is 5.50. The molecule has 0 aliphatic heterocycles. The van der Waals surface area contributed by atoms with Crippen LogP contribution in [0.3, 0.4) is 0 Å². The number of carbonyl (C=O) groups excluding carboxylic acids is 1. The highest BCUT2D eigenvalue weighted by Gasteiger charge is 2.22. The molecular formula is C16H24N2O. The molecule has 3 heteroatoms. The normalized spacial score (nSPS) is 22.4. The van der Waals surface area contributed by atoms with Gasteiger partial charge in [-0.15, -0.1) is 0 Å². The third-order valence-corrected chi connectivity index (χ3v) is 3.95. The van der Waals surface area contributed by atoms with E-state index in [2.05, 4.69) is 36.5 Å². The fourth-order valence-corrected chi connectivity index (χ4v) is 2.78. The van der Waals surface area contributed by atoms with E-state index in [1.807, 2.05) is 0 Å². The minimum atomic E-state index is 0.174. The van der Waals surface area contributed by atoms with Gasteiger partial charge in [0, 0.05) is 18.5 Å². The van der Waals surface area contributed by atoms with E-state index in [0.717, 1.165) is 32.1 Å². The lowest BCUT2D eigenvalue weighted by molar-refractivity contribution is -0.121. The number of amides is 1. The van der Waals surface area contributed by atoms with Gasteiger partial charge in [0.15, 0.2) is 0 Å². The number of rotatable bonds is 5. The van der Waals surface area contributed by atoms with Gasteiger partial charge in [-0.1, -0.05) is 24.3 Å². The van der Waals surface area contributed by atoms with E-state index in [1.54, 1.807) is 0 Å². The molecule has 19 heavy (non-hydrogen) atoms. The molecule has 0 radical (unpaired) electrons. The van der Waals surface area contributed by atoms with Crippen LogP contribution < -0.4 is 11.1 Å². The van der Waals surface area contributed by atoms with Crippen molar-refractivity contribution in [2.75, 3.05) is 0 Å². The van der Waals surface area contributed by atoms with Gasteiger partial charge in [0.1, 0.15) is 0 Å². The van der Waals surface area contributed by atoms with Crippen molar-refractivity contribution in [1.82, 2.24) is 5.32 Å². The molecule has 1 aromatic rings. The van der Waals surface area contributed by atoms with Crippen molar-refractivity contribution in [2.45, 2.75) is 57.5 Å². The predicted octanol–water partition coefficient (Wildman–Crippen LogP) is 2.31. The van der Waals surface area contributed by atoms with Gasteiger partial charge in [-0.3, -0.25) is 4.79 Å². The Hall–Kier alpha value is -1.35. The van der Waals surface area contributed by atoms with Crippen LogP contribution in [0.4, 0.5) is 0 Å². The van der Waals surface area contributed by atoms with E-state index >= 15 is 0 Å². The minimum Gasteiger partial charge on any atom is -0.353 e. The lowest BCUT2D eigenvalue weighted by atomic mass is 10.0. The van der Waals surface area contributed by atoms with Crippen molar-refractivity contribution in [3.8, 4) is 0 Å². The molecule has 1 aromatic carbocycles. The third-order valence-electron chi connectivity index (χ3n) is 3.95. The maximum atomic E-state index is 11.8. The van der Waals surface area contributed by atoms with Gasteiger partial charge in [0.2, 0.25) is 5.91 Å². The molecule has 0 heterocycles. The standard InChI is InChI=1S/C16H24N2O/c1-12-5-2-3-6-13(12)7-4-8-16(19)18-15-10-9-14(17)11-15/h2-3,5-6,14-15H,4,7-11,17H2,1H3,(H,18,19). The zero-order valence-electron chi connectivity index (χ0n) is 11.7. The summed E-state index contributed by atoms with van der Waals surface area (Å²) in [7, 11) is 0. The number of aryl methyl sites for hydroxylation is 2. The van der Waals surface area contributed by atoms with Gasteiger partial charge >= 0.3 is 0 Å². The van der Waals surface area contributed by atoms with E-state index in [0.29, 0.717) is 12.5 Å². The summed E-state index contributed by atoms with van der Waals surface area (Å²) >= 11 is 0. The van der Waals surface area contributed by atoms with E-state index < -0.39 is 0 Å². The molecule has 2 unspecified atom stereocenters. The number of nitrogens with two attached hydrogens (primary N) is 1. The highest BCUT2D eigenvalue weighted by molar-refractivity contribution is 5.76. The molecule has 0 aromatic heterocycles. The molecule has 0 saturated heterocycles. The lowest BCUT2D eigenvalue weighted by Gasteiger charge is -2.12. The molecule has 1 saturated carbocycles. The zero-order valence-corrected chi connectivity index (χ0v) is 11.7. The van der Waals surface area contributed by atoms with Crippen molar-refractivity contribution < 1.29 is 4.79 Å². The molecular weight excluding hydrogens is 236 g/mol. The van der Waals surface area contributed by atoms with Crippen molar-refractivity contribution in [1.29, 1.82) is 0 Å². The topological polar surface area (TPSA) is 55.1 Å². The number of hydrogen-bond acceptors (Lipinski definition) is 2. The molecule has 1 aliphatic rings. The van der Waals surface area contributed by atoms with E-state index in [1.165, 1.54) is 11.1 Å². The Morgan fingerprint density at radius 3 is 2.84 bits per heavy atom. The average Bonchev–Trinajstić information content (AvgIpc) is 2.77. The summed E-state index contributed by atoms with van der Waals surface area (Å²) in [5.74, 6) is 0.174. The fraction of sp³-hybridized carbons (Fsp3) is 0.562. The van der Waals surface area contributed by atoms with E-state index in [4.69, 9.17) is 5.73 Å². The average molecular weight is 260 g/mol. The summed E-state index contributed by atoms with van der Waals surface area (Å²) in [5.41, 5.74) is 8.50. The second kappa shape index (κ2) is 6.71. The van der Waals surface area contributed by atoms with Gasteiger partial charge in [0.05, 0.1) is 0 Å². The van der Waals surface area contributed by atoms with Gasteiger partial charge in [-0.05, 0) is 50.2 Å². The Morgan fingerprint density at radius 1 is 1.37 bits per heavy atom. The second-order valence-corrected chi connectivity index (χ2v) is 5.62. The van der Waals surface area contributed by atoms with Crippen LogP contribution in [0.15, 0.2) is 24.3 Å². The molecule has 2 rings (SSSR count). The van der Waals surface area contributed by atoms with Crippen LogP contribution in [0, 0.1) is 6.92 Å². The highest BCUT2D eigenvalue weighted by atomic mass is 16.1. The van der Waals surface area contributed by atoms with Crippen LogP contribution in [0.2, 0.25) is 0 Å². The first-order chi connectivity index (χ1) is 9.15. The smallest absolute Gasteiger partial charge is 0.220 e. The molecule has 1 amide bonds. The largest absolute Gasteiger partial charge is 0.353 e. The van der Waals surface area contributed by atoms with Crippen molar-refractivity contribution in [3.63, 3.8) is 0 Å². The van der Waals surface area contributed by atoms with E-state index in [-0.39, 0.29) is 11.9 Å². The van der Waals surface area contributed by atoms with Gasteiger partial charge in [-0.25, -0.2) is 0 Å². The van der Waals surface area contributed by atoms with Crippen molar-refractivity contribution in [2.24, 2.45) is 5.73 Å². The maximum Gasteiger partial charge on any atom is 0.220 e. The van der Waals surface area contributed by atoms with Crippen LogP contribution in [0.5, 0.6) is 0 Å². The summed E-state index contributed by atoms with van der Waals surface area (Å²) in [4.78, 5) is 11.8. The number of benzene rings is 1. The summed E-state index contributed by atoms with van der Waals surface area (Å²) in [6.45, 7) is 2.12. The summed E-state index contributed by atoms with van der Waals surface area (Å²) in [6, 6.07) is 8.95. The number of carbonyl (C=O) groups is 1. The van der Waals surface area contributed by atoms with Crippen LogP contribution in [0.25, 0.3) is 0 Å². The van der Waals surface area contributed by atoms with Crippen LogP contribution in [-0.2, 0) is 11.2 Å². The molecule has 3 nitrogen and oxygen atoms in total. The van der Waals surface area contributed by atoms with Gasteiger partial charge < -0.3 is 11.1 Å². The van der Waals surface area contributed by atoms with Crippen LogP contribution in [0.1, 0.15) is 43.2 Å². The first-order valence-corrected chi connectivity index (χ1v) is 7.24. The SMILES string of the molecule is Cc1ccccc1CCCC(=O)NC1CCC(N)C1.